The molecule has 1 aromatic carbocycles. The largest absolute Gasteiger partial charge is 0.345 e. The second-order valence-electron chi connectivity index (χ2n) is 8.08. The zero-order valence-corrected chi connectivity index (χ0v) is 15.9. The molecule has 1 saturated carbocycles. The van der Waals surface area contributed by atoms with E-state index in [1.165, 1.54) is 17.5 Å². The van der Waals surface area contributed by atoms with Crippen LogP contribution in [0.2, 0.25) is 0 Å². The smallest absolute Gasteiger partial charge is 0.222 e. The first kappa shape index (κ1) is 17.3. The van der Waals surface area contributed by atoms with Crippen LogP contribution in [0.25, 0.3) is 11.3 Å². The number of aryl methyl sites for hydroxylation is 1. The number of piperidine rings is 1. The summed E-state index contributed by atoms with van der Waals surface area (Å²) in [7, 11) is 6.15. The first-order valence-corrected chi connectivity index (χ1v) is 9.53. The van der Waals surface area contributed by atoms with Crippen molar-refractivity contribution < 1.29 is 4.79 Å². The number of carbonyl (C=O) groups is 1. The highest BCUT2D eigenvalue weighted by Gasteiger charge is 2.41. The summed E-state index contributed by atoms with van der Waals surface area (Å²) in [4.78, 5) is 16.4. The van der Waals surface area contributed by atoms with Gasteiger partial charge in [-0.15, -0.1) is 0 Å². The summed E-state index contributed by atoms with van der Waals surface area (Å²) in [5.41, 5.74) is 3.51. The van der Waals surface area contributed by atoms with E-state index in [9.17, 15) is 4.79 Å². The number of hydrogen-bond donors (Lipinski definition) is 0. The molecule has 0 radical (unpaired) electrons. The molecule has 1 aromatic heterocycles. The molecular weight excluding hydrogens is 324 g/mol. The predicted octanol–water partition coefficient (Wildman–Crippen LogP) is 2.78. The van der Waals surface area contributed by atoms with Gasteiger partial charge in [-0.2, -0.15) is 5.10 Å². The molecule has 5 heteroatoms. The molecule has 2 fully saturated rings. The van der Waals surface area contributed by atoms with Crippen molar-refractivity contribution in [2.45, 2.75) is 31.8 Å². The summed E-state index contributed by atoms with van der Waals surface area (Å²) < 4.78 is 1.91. The summed E-state index contributed by atoms with van der Waals surface area (Å²) in [6, 6.07) is 11.0. The number of likely N-dealkylation sites (tertiary alicyclic amines) is 1. The molecule has 0 bridgehead atoms. The maximum Gasteiger partial charge on any atom is 0.222 e. The van der Waals surface area contributed by atoms with Crippen molar-refractivity contribution in [1.82, 2.24) is 19.6 Å². The van der Waals surface area contributed by atoms with Crippen molar-refractivity contribution in [3.63, 3.8) is 0 Å². The Balaban J connectivity index is 1.48. The van der Waals surface area contributed by atoms with Gasteiger partial charge >= 0.3 is 0 Å². The molecule has 0 spiro atoms. The summed E-state index contributed by atoms with van der Waals surface area (Å²) >= 11 is 0. The lowest BCUT2D eigenvalue weighted by Crippen LogP contribution is -2.39. The van der Waals surface area contributed by atoms with Crippen LogP contribution in [0.3, 0.4) is 0 Å². The third-order valence-corrected chi connectivity index (χ3v) is 6.18. The number of rotatable bonds is 4. The SMILES string of the molecule is CN1C[C@H]2C[C@@H](N(C)Cc3cn(C)nc3-c3ccccc3)C[C@H]2CC1=O. The van der Waals surface area contributed by atoms with Gasteiger partial charge in [0.2, 0.25) is 5.91 Å². The Morgan fingerprint density at radius 3 is 2.65 bits per heavy atom. The Kier molecular flexibility index (Phi) is 4.57. The maximum absolute atomic E-state index is 12.0. The fraction of sp³-hybridized carbons (Fsp3) is 0.524. The Bertz CT molecular complexity index is 785. The van der Waals surface area contributed by atoms with Crippen LogP contribution < -0.4 is 0 Å². The fourth-order valence-electron chi connectivity index (χ4n) is 4.74. The molecule has 1 amide bonds. The molecule has 2 aliphatic rings. The Morgan fingerprint density at radius 2 is 1.88 bits per heavy atom. The van der Waals surface area contributed by atoms with Crippen LogP contribution in [0.15, 0.2) is 36.5 Å². The topological polar surface area (TPSA) is 41.4 Å². The number of fused-ring (bicyclic) bond motifs is 1. The quantitative estimate of drug-likeness (QED) is 0.850. The number of benzene rings is 1. The highest BCUT2D eigenvalue weighted by Crippen LogP contribution is 2.40. The number of aromatic nitrogens is 2. The average Bonchev–Trinajstić information content (AvgIpc) is 3.19. The van der Waals surface area contributed by atoms with Crippen LogP contribution in [-0.4, -0.2) is 52.2 Å². The van der Waals surface area contributed by atoms with Gasteiger partial charge in [-0.25, -0.2) is 0 Å². The highest BCUT2D eigenvalue weighted by molar-refractivity contribution is 5.77. The van der Waals surface area contributed by atoms with Gasteiger partial charge in [-0.1, -0.05) is 30.3 Å². The average molecular weight is 352 g/mol. The summed E-state index contributed by atoms with van der Waals surface area (Å²) in [5, 5.41) is 4.69. The lowest BCUT2D eigenvalue weighted by atomic mass is 9.88. The molecule has 0 unspecified atom stereocenters. The molecule has 5 nitrogen and oxygen atoms in total. The third kappa shape index (κ3) is 3.28. The number of hydrogen-bond acceptors (Lipinski definition) is 3. The molecule has 1 aliphatic heterocycles. The second kappa shape index (κ2) is 6.88. The standard InChI is InChI=1S/C21H28N4O/c1-23(19-9-16-11-20(26)24(2)12-17(16)10-19)13-18-14-25(3)22-21(18)15-7-5-4-6-8-15/h4-8,14,16-17,19H,9-13H2,1-3H3/t16-,17+,19-/m0/s1. The van der Waals surface area contributed by atoms with Crippen LogP contribution in [0.5, 0.6) is 0 Å². The van der Waals surface area contributed by atoms with E-state index in [4.69, 9.17) is 5.10 Å². The number of nitrogens with zero attached hydrogens (tertiary/aromatic N) is 4. The lowest BCUT2D eigenvalue weighted by molar-refractivity contribution is -0.134. The molecule has 0 N–H and O–H groups in total. The van der Waals surface area contributed by atoms with Gasteiger partial charge in [-0.05, 0) is 31.7 Å². The third-order valence-electron chi connectivity index (χ3n) is 6.18. The van der Waals surface area contributed by atoms with Crippen molar-refractivity contribution >= 4 is 5.91 Å². The molecule has 3 atom stereocenters. The Hall–Kier alpha value is -2.14. The van der Waals surface area contributed by atoms with Gasteiger partial charge in [0, 0.05) is 57.0 Å². The Morgan fingerprint density at radius 1 is 1.15 bits per heavy atom. The molecule has 26 heavy (non-hydrogen) atoms. The van der Waals surface area contributed by atoms with E-state index in [0.29, 0.717) is 23.8 Å². The molecule has 1 aliphatic carbocycles. The molecule has 138 valence electrons. The number of amides is 1. The van der Waals surface area contributed by atoms with Crippen molar-refractivity contribution in [3.05, 3.63) is 42.1 Å². The van der Waals surface area contributed by atoms with E-state index in [0.717, 1.165) is 31.6 Å². The van der Waals surface area contributed by atoms with Gasteiger partial charge in [0.25, 0.3) is 0 Å². The zero-order chi connectivity index (χ0) is 18.3. The van der Waals surface area contributed by atoms with Crippen LogP contribution in [-0.2, 0) is 18.4 Å². The first-order valence-electron chi connectivity index (χ1n) is 9.53. The van der Waals surface area contributed by atoms with Crippen LogP contribution in [0.4, 0.5) is 0 Å². The van der Waals surface area contributed by atoms with Crippen LogP contribution in [0.1, 0.15) is 24.8 Å². The molecule has 4 rings (SSSR count). The van der Waals surface area contributed by atoms with Crippen molar-refractivity contribution in [1.29, 1.82) is 0 Å². The van der Waals surface area contributed by atoms with Gasteiger partial charge in [0.05, 0.1) is 5.69 Å². The van der Waals surface area contributed by atoms with E-state index in [2.05, 4.69) is 42.4 Å². The van der Waals surface area contributed by atoms with Gasteiger partial charge < -0.3 is 4.90 Å². The van der Waals surface area contributed by atoms with E-state index in [-0.39, 0.29) is 0 Å². The van der Waals surface area contributed by atoms with E-state index in [1.54, 1.807) is 0 Å². The van der Waals surface area contributed by atoms with Crippen LogP contribution in [0, 0.1) is 11.8 Å². The fourth-order valence-corrected chi connectivity index (χ4v) is 4.74. The van der Waals surface area contributed by atoms with Crippen molar-refractivity contribution in [2.75, 3.05) is 20.6 Å². The van der Waals surface area contributed by atoms with Crippen molar-refractivity contribution in [2.24, 2.45) is 18.9 Å². The van der Waals surface area contributed by atoms with E-state index < -0.39 is 0 Å². The maximum atomic E-state index is 12.0. The molecular formula is C21H28N4O. The normalized spacial score (nSPS) is 25.8. The number of carbonyl (C=O) groups excluding carboxylic acids is 1. The molecule has 1 saturated heterocycles. The predicted molar refractivity (Wildman–Crippen MR) is 102 cm³/mol. The van der Waals surface area contributed by atoms with Gasteiger partial charge in [-0.3, -0.25) is 14.4 Å². The van der Waals surface area contributed by atoms with E-state index in [1.807, 2.05) is 29.7 Å². The van der Waals surface area contributed by atoms with Crippen LogP contribution >= 0.6 is 0 Å². The lowest BCUT2D eigenvalue weighted by Gasteiger charge is -2.31. The first-order chi connectivity index (χ1) is 12.5. The minimum atomic E-state index is 0.313. The minimum Gasteiger partial charge on any atom is -0.345 e. The Labute approximate surface area is 155 Å². The van der Waals surface area contributed by atoms with E-state index >= 15 is 0 Å². The summed E-state index contributed by atoms with van der Waals surface area (Å²) in [6.07, 6.45) is 5.20. The molecule has 2 aromatic rings. The highest BCUT2D eigenvalue weighted by atomic mass is 16.2. The zero-order valence-electron chi connectivity index (χ0n) is 15.9. The van der Waals surface area contributed by atoms with Gasteiger partial charge in [0.1, 0.15) is 0 Å². The van der Waals surface area contributed by atoms with Gasteiger partial charge in [0.15, 0.2) is 0 Å². The summed E-state index contributed by atoms with van der Waals surface area (Å²) in [5.74, 6) is 1.54. The molecule has 2 heterocycles. The monoisotopic (exact) mass is 352 g/mol. The second-order valence-corrected chi connectivity index (χ2v) is 8.08. The van der Waals surface area contributed by atoms with Crippen molar-refractivity contribution in [3.8, 4) is 11.3 Å². The summed E-state index contributed by atoms with van der Waals surface area (Å²) in [6.45, 7) is 1.82. The minimum absolute atomic E-state index is 0.313.